The van der Waals surface area contributed by atoms with Crippen LogP contribution in [-0.2, 0) is 0 Å². The summed E-state index contributed by atoms with van der Waals surface area (Å²) in [5.74, 6) is 0. The summed E-state index contributed by atoms with van der Waals surface area (Å²) < 4.78 is 0. The van der Waals surface area contributed by atoms with Crippen LogP contribution < -0.4 is 0 Å². The quantitative estimate of drug-likeness (QED) is 0.682. The monoisotopic (exact) mass is 233 g/mol. The molecule has 0 N–H and O–H groups in total. The molecule has 0 aliphatic rings. The minimum absolute atomic E-state index is 0.878. The van der Waals surface area contributed by atoms with E-state index >= 15 is 0 Å². The second-order valence-corrected chi connectivity index (χ2v) is 3.93. The third-order valence-corrected chi connectivity index (χ3v) is 2.73. The summed E-state index contributed by atoms with van der Waals surface area (Å²) in [5.41, 5.74) is 4.17. The van der Waals surface area contributed by atoms with E-state index in [1.165, 1.54) is 0 Å². The molecule has 3 aromatic rings. The van der Waals surface area contributed by atoms with Gasteiger partial charge >= 0.3 is 0 Å². The number of hydrogen-bond acceptors (Lipinski definition) is 3. The van der Waals surface area contributed by atoms with Gasteiger partial charge in [-0.05, 0) is 29.8 Å². The van der Waals surface area contributed by atoms with Crippen molar-refractivity contribution in [2.24, 2.45) is 0 Å². The van der Waals surface area contributed by atoms with Crippen LogP contribution in [0.15, 0.2) is 67.1 Å². The Bertz CT molecular complexity index is 581. The second-order valence-electron chi connectivity index (χ2n) is 3.93. The fraction of sp³-hybridized carbons (Fsp3) is 0. The molecule has 0 saturated heterocycles. The van der Waals surface area contributed by atoms with E-state index in [-0.39, 0.29) is 0 Å². The Kier molecular flexibility index (Phi) is 2.80. The zero-order chi connectivity index (χ0) is 12.2. The highest BCUT2D eigenvalue weighted by Crippen LogP contribution is 2.24. The van der Waals surface area contributed by atoms with Crippen molar-refractivity contribution in [3.05, 3.63) is 67.1 Å². The van der Waals surface area contributed by atoms with Crippen LogP contribution in [0.1, 0.15) is 0 Å². The lowest BCUT2D eigenvalue weighted by molar-refractivity contribution is 1.04. The van der Waals surface area contributed by atoms with Gasteiger partial charge in [-0.3, -0.25) is 4.98 Å². The maximum Gasteiger partial charge on any atom is 0.0929 e. The topological polar surface area (TPSA) is 38.7 Å². The minimum Gasteiger partial charge on any atom is -0.264 e. The average Bonchev–Trinajstić information content (AvgIpc) is 2.49. The molecule has 0 atom stereocenters. The Labute approximate surface area is 105 Å². The molecule has 0 aliphatic carbocycles. The molecule has 3 nitrogen and oxygen atoms in total. The van der Waals surface area contributed by atoms with E-state index in [0.29, 0.717) is 0 Å². The van der Waals surface area contributed by atoms with Gasteiger partial charge in [0.1, 0.15) is 0 Å². The van der Waals surface area contributed by atoms with E-state index in [0.717, 1.165) is 22.4 Å². The van der Waals surface area contributed by atoms with Gasteiger partial charge in [-0.1, -0.05) is 24.3 Å². The lowest BCUT2D eigenvalue weighted by Crippen LogP contribution is -1.86. The number of pyridine rings is 1. The third kappa shape index (κ3) is 2.11. The van der Waals surface area contributed by atoms with Crippen molar-refractivity contribution in [1.82, 2.24) is 15.2 Å². The van der Waals surface area contributed by atoms with Crippen molar-refractivity contribution in [3.8, 4) is 22.4 Å². The Morgan fingerprint density at radius 3 is 2.33 bits per heavy atom. The minimum atomic E-state index is 0.878. The molecular weight excluding hydrogens is 222 g/mol. The van der Waals surface area contributed by atoms with E-state index in [1.807, 2.05) is 42.6 Å². The van der Waals surface area contributed by atoms with Crippen LogP contribution in [0, 0.1) is 0 Å². The molecular formula is C15H11N3. The largest absolute Gasteiger partial charge is 0.264 e. The SMILES string of the molecule is c1cncc(-c2cccc(-c3cccnn3)c2)c1. The molecule has 1 aromatic carbocycles. The van der Waals surface area contributed by atoms with Gasteiger partial charge in [-0.15, -0.1) is 0 Å². The summed E-state index contributed by atoms with van der Waals surface area (Å²) in [5, 5.41) is 8.02. The highest BCUT2D eigenvalue weighted by molar-refractivity contribution is 5.70. The summed E-state index contributed by atoms with van der Waals surface area (Å²) in [6.45, 7) is 0. The highest BCUT2D eigenvalue weighted by atomic mass is 15.1. The van der Waals surface area contributed by atoms with Gasteiger partial charge in [-0.25, -0.2) is 0 Å². The first kappa shape index (κ1) is 10.6. The highest BCUT2D eigenvalue weighted by Gasteiger charge is 2.02. The smallest absolute Gasteiger partial charge is 0.0929 e. The lowest BCUT2D eigenvalue weighted by atomic mass is 10.0. The van der Waals surface area contributed by atoms with E-state index in [2.05, 4.69) is 27.3 Å². The Hall–Kier alpha value is -2.55. The number of aromatic nitrogens is 3. The molecule has 3 heteroatoms. The maximum atomic E-state index is 4.14. The Morgan fingerprint density at radius 1 is 0.722 bits per heavy atom. The summed E-state index contributed by atoms with van der Waals surface area (Å²) in [4.78, 5) is 4.14. The number of nitrogens with zero attached hydrogens (tertiary/aromatic N) is 3. The molecule has 18 heavy (non-hydrogen) atoms. The maximum absolute atomic E-state index is 4.14. The van der Waals surface area contributed by atoms with Crippen molar-refractivity contribution < 1.29 is 0 Å². The molecule has 0 saturated carbocycles. The first-order valence-electron chi connectivity index (χ1n) is 5.72. The molecule has 0 spiro atoms. The number of rotatable bonds is 2. The summed E-state index contributed by atoms with van der Waals surface area (Å²) in [7, 11) is 0. The zero-order valence-corrected chi connectivity index (χ0v) is 9.69. The van der Waals surface area contributed by atoms with E-state index in [4.69, 9.17) is 0 Å². The molecule has 0 bridgehead atoms. The molecule has 86 valence electrons. The van der Waals surface area contributed by atoms with Crippen LogP contribution >= 0.6 is 0 Å². The van der Waals surface area contributed by atoms with E-state index < -0.39 is 0 Å². The van der Waals surface area contributed by atoms with E-state index in [9.17, 15) is 0 Å². The van der Waals surface area contributed by atoms with Crippen molar-refractivity contribution in [1.29, 1.82) is 0 Å². The molecule has 0 fully saturated rings. The first-order chi connectivity index (χ1) is 8.93. The Balaban J connectivity index is 2.05. The van der Waals surface area contributed by atoms with Crippen LogP contribution in [0.5, 0.6) is 0 Å². The molecule has 3 rings (SSSR count). The average molecular weight is 233 g/mol. The second kappa shape index (κ2) is 4.75. The van der Waals surface area contributed by atoms with Gasteiger partial charge in [0.2, 0.25) is 0 Å². The van der Waals surface area contributed by atoms with Gasteiger partial charge in [0.25, 0.3) is 0 Å². The molecule has 0 aliphatic heterocycles. The van der Waals surface area contributed by atoms with Crippen LogP contribution in [0.4, 0.5) is 0 Å². The predicted octanol–water partition coefficient (Wildman–Crippen LogP) is 3.21. The van der Waals surface area contributed by atoms with Crippen LogP contribution in [0.3, 0.4) is 0 Å². The van der Waals surface area contributed by atoms with Crippen LogP contribution in [0.2, 0.25) is 0 Å². The fourth-order valence-electron chi connectivity index (χ4n) is 1.85. The molecule has 2 heterocycles. The van der Waals surface area contributed by atoms with Crippen LogP contribution in [-0.4, -0.2) is 15.2 Å². The molecule has 0 amide bonds. The summed E-state index contributed by atoms with van der Waals surface area (Å²) >= 11 is 0. The summed E-state index contributed by atoms with van der Waals surface area (Å²) in [6.07, 6.45) is 5.31. The van der Waals surface area contributed by atoms with Gasteiger partial charge in [0.15, 0.2) is 0 Å². The van der Waals surface area contributed by atoms with Gasteiger partial charge in [0.05, 0.1) is 5.69 Å². The molecule has 0 unspecified atom stereocenters. The first-order valence-corrected chi connectivity index (χ1v) is 5.72. The normalized spacial score (nSPS) is 10.2. The van der Waals surface area contributed by atoms with Gasteiger partial charge in [-0.2, -0.15) is 10.2 Å². The lowest BCUT2D eigenvalue weighted by Gasteiger charge is -2.04. The molecule has 0 radical (unpaired) electrons. The van der Waals surface area contributed by atoms with Crippen molar-refractivity contribution in [3.63, 3.8) is 0 Å². The zero-order valence-electron chi connectivity index (χ0n) is 9.69. The van der Waals surface area contributed by atoms with Gasteiger partial charge < -0.3 is 0 Å². The predicted molar refractivity (Wildman–Crippen MR) is 70.7 cm³/mol. The third-order valence-electron chi connectivity index (χ3n) is 2.73. The molecule has 2 aromatic heterocycles. The van der Waals surface area contributed by atoms with Crippen molar-refractivity contribution in [2.75, 3.05) is 0 Å². The standard InChI is InChI=1S/C15H11N3/c1-4-12(14-6-2-8-16-11-14)10-13(5-1)15-7-3-9-17-18-15/h1-11H. The van der Waals surface area contributed by atoms with Crippen molar-refractivity contribution >= 4 is 0 Å². The van der Waals surface area contributed by atoms with Gasteiger partial charge in [0, 0.05) is 29.7 Å². The van der Waals surface area contributed by atoms with Crippen LogP contribution in [0.25, 0.3) is 22.4 Å². The number of benzene rings is 1. The Morgan fingerprint density at radius 2 is 1.56 bits per heavy atom. The van der Waals surface area contributed by atoms with Crippen molar-refractivity contribution in [2.45, 2.75) is 0 Å². The summed E-state index contributed by atoms with van der Waals surface area (Å²) in [6, 6.07) is 16.0. The fourth-order valence-corrected chi connectivity index (χ4v) is 1.85. The number of hydrogen-bond donors (Lipinski definition) is 0. The van der Waals surface area contributed by atoms with E-state index in [1.54, 1.807) is 12.4 Å².